The summed E-state index contributed by atoms with van der Waals surface area (Å²) >= 11 is 0. The molecule has 1 aromatic rings. The van der Waals surface area contributed by atoms with Gasteiger partial charge >= 0.3 is 6.18 Å². The van der Waals surface area contributed by atoms with Crippen LogP contribution in [-0.2, 0) is 11.3 Å². The molecule has 16 heavy (non-hydrogen) atoms. The van der Waals surface area contributed by atoms with Crippen LogP contribution in [0.15, 0.2) is 6.20 Å². The van der Waals surface area contributed by atoms with Crippen LogP contribution >= 0.6 is 0 Å². The Labute approximate surface area is 91.2 Å². The van der Waals surface area contributed by atoms with E-state index in [0.29, 0.717) is 13.1 Å². The van der Waals surface area contributed by atoms with E-state index >= 15 is 0 Å². The van der Waals surface area contributed by atoms with Gasteiger partial charge in [0.15, 0.2) is 0 Å². The lowest BCUT2D eigenvalue weighted by molar-refractivity contribution is -0.173. The molecule has 0 radical (unpaired) electrons. The summed E-state index contributed by atoms with van der Waals surface area (Å²) in [6.45, 7) is 1.67. The number of ether oxygens (including phenoxy) is 1. The lowest BCUT2D eigenvalue weighted by Gasteiger charge is -2.08. The normalized spacial score (nSPS) is 12.0. The molecule has 0 saturated heterocycles. The Morgan fingerprint density at radius 1 is 1.50 bits per heavy atom. The summed E-state index contributed by atoms with van der Waals surface area (Å²) in [6.07, 6.45) is -2.57. The van der Waals surface area contributed by atoms with Gasteiger partial charge in [-0.3, -0.25) is 5.10 Å². The molecule has 0 atom stereocenters. The van der Waals surface area contributed by atoms with Crippen LogP contribution in [0.2, 0.25) is 0 Å². The minimum absolute atomic E-state index is 0.0381. The van der Waals surface area contributed by atoms with Crippen molar-refractivity contribution in [2.24, 2.45) is 0 Å². The van der Waals surface area contributed by atoms with Crippen molar-refractivity contribution < 1.29 is 17.9 Å². The van der Waals surface area contributed by atoms with E-state index in [1.165, 1.54) is 0 Å². The summed E-state index contributed by atoms with van der Waals surface area (Å²) in [6, 6.07) is 0. The van der Waals surface area contributed by atoms with Crippen molar-refractivity contribution in [2.75, 3.05) is 19.8 Å². The van der Waals surface area contributed by atoms with Crippen molar-refractivity contribution in [3.63, 3.8) is 0 Å². The molecule has 1 heterocycles. The van der Waals surface area contributed by atoms with Gasteiger partial charge in [0.1, 0.15) is 6.61 Å². The van der Waals surface area contributed by atoms with E-state index in [0.717, 1.165) is 11.3 Å². The predicted octanol–water partition coefficient (Wildman–Crippen LogP) is 1.39. The van der Waals surface area contributed by atoms with Crippen molar-refractivity contribution in [1.29, 1.82) is 0 Å². The van der Waals surface area contributed by atoms with Crippen molar-refractivity contribution in [1.82, 2.24) is 15.5 Å². The molecule has 0 aliphatic rings. The van der Waals surface area contributed by atoms with Gasteiger partial charge in [-0.25, -0.2) is 0 Å². The van der Waals surface area contributed by atoms with Crippen molar-refractivity contribution in [3.05, 3.63) is 17.5 Å². The number of nitrogens with zero attached hydrogens (tertiary/aromatic N) is 1. The second-order valence-electron chi connectivity index (χ2n) is 3.36. The SMILES string of the molecule is Cc1[nH]ncc1CNCCOCC(F)(F)F. The highest BCUT2D eigenvalue weighted by molar-refractivity contribution is 5.13. The molecule has 4 nitrogen and oxygen atoms in total. The lowest BCUT2D eigenvalue weighted by atomic mass is 10.3. The second kappa shape index (κ2) is 5.86. The summed E-state index contributed by atoms with van der Waals surface area (Å²) in [5.74, 6) is 0. The second-order valence-corrected chi connectivity index (χ2v) is 3.36. The fourth-order valence-electron chi connectivity index (χ4n) is 1.11. The summed E-state index contributed by atoms with van der Waals surface area (Å²) in [4.78, 5) is 0. The number of H-pyrrole nitrogens is 1. The maximum atomic E-state index is 11.7. The van der Waals surface area contributed by atoms with Crippen molar-refractivity contribution >= 4 is 0 Å². The Balaban J connectivity index is 2.03. The first kappa shape index (κ1) is 13.0. The Kier molecular flexibility index (Phi) is 4.75. The maximum Gasteiger partial charge on any atom is 0.411 e. The van der Waals surface area contributed by atoms with Crippen LogP contribution in [0.3, 0.4) is 0 Å². The summed E-state index contributed by atoms with van der Waals surface area (Å²) in [5.41, 5.74) is 1.94. The number of nitrogens with one attached hydrogen (secondary N) is 2. The van der Waals surface area contributed by atoms with Crippen molar-refractivity contribution in [3.8, 4) is 0 Å². The minimum atomic E-state index is -4.25. The van der Waals surface area contributed by atoms with Gasteiger partial charge in [0.05, 0.1) is 12.8 Å². The van der Waals surface area contributed by atoms with Gasteiger partial charge in [-0.15, -0.1) is 0 Å². The van der Waals surface area contributed by atoms with E-state index in [9.17, 15) is 13.2 Å². The molecule has 0 aliphatic heterocycles. The molecule has 92 valence electrons. The highest BCUT2D eigenvalue weighted by atomic mass is 19.4. The molecule has 0 bridgehead atoms. The molecule has 0 fully saturated rings. The highest BCUT2D eigenvalue weighted by Gasteiger charge is 2.27. The molecule has 1 aromatic heterocycles. The van der Waals surface area contributed by atoms with Gasteiger partial charge in [0.25, 0.3) is 0 Å². The average molecular weight is 237 g/mol. The number of aromatic nitrogens is 2. The smallest absolute Gasteiger partial charge is 0.371 e. The molecular weight excluding hydrogens is 223 g/mol. The van der Waals surface area contributed by atoms with Crippen LogP contribution in [0.25, 0.3) is 0 Å². The number of hydrogen-bond donors (Lipinski definition) is 2. The fraction of sp³-hybridized carbons (Fsp3) is 0.667. The molecule has 0 unspecified atom stereocenters. The van der Waals surface area contributed by atoms with E-state index in [2.05, 4.69) is 20.3 Å². The van der Waals surface area contributed by atoms with Gasteiger partial charge in [0.2, 0.25) is 0 Å². The standard InChI is InChI=1S/C9H14F3N3O/c1-7-8(5-14-15-7)4-13-2-3-16-6-9(10,11)12/h5,13H,2-4,6H2,1H3,(H,14,15). The zero-order valence-electron chi connectivity index (χ0n) is 8.90. The van der Waals surface area contributed by atoms with Gasteiger partial charge in [0, 0.05) is 24.3 Å². The molecule has 0 spiro atoms. The van der Waals surface area contributed by atoms with Crippen LogP contribution < -0.4 is 5.32 Å². The Morgan fingerprint density at radius 3 is 2.81 bits per heavy atom. The first-order valence-corrected chi connectivity index (χ1v) is 4.83. The Bertz CT molecular complexity index is 311. The maximum absolute atomic E-state index is 11.7. The molecule has 0 amide bonds. The van der Waals surface area contributed by atoms with E-state index in [4.69, 9.17) is 0 Å². The number of aryl methyl sites for hydroxylation is 1. The van der Waals surface area contributed by atoms with Crippen LogP contribution in [0.4, 0.5) is 13.2 Å². The van der Waals surface area contributed by atoms with Gasteiger partial charge in [-0.05, 0) is 6.92 Å². The van der Waals surface area contributed by atoms with Crippen LogP contribution in [-0.4, -0.2) is 36.1 Å². The van der Waals surface area contributed by atoms with Gasteiger partial charge in [-0.1, -0.05) is 0 Å². The topological polar surface area (TPSA) is 49.9 Å². The third-order valence-corrected chi connectivity index (χ3v) is 1.94. The third-order valence-electron chi connectivity index (χ3n) is 1.94. The summed E-state index contributed by atoms with van der Waals surface area (Å²) in [5, 5.41) is 9.56. The zero-order valence-corrected chi connectivity index (χ0v) is 8.90. The fourth-order valence-corrected chi connectivity index (χ4v) is 1.11. The zero-order chi connectivity index (χ0) is 12.0. The average Bonchev–Trinajstić information content (AvgIpc) is 2.56. The lowest BCUT2D eigenvalue weighted by Crippen LogP contribution is -2.23. The van der Waals surface area contributed by atoms with Gasteiger partial charge < -0.3 is 10.1 Å². The molecule has 0 aromatic carbocycles. The van der Waals surface area contributed by atoms with Crippen molar-refractivity contribution in [2.45, 2.75) is 19.6 Å². The molecule has 2 N–H and O–H groups in total. The van der Waals surface area contributed by atoms with Crippen LogP contribution in [0.5, 0.6) is 0 Å². The number of aromatic amines is 1. The molecule has 0 aliphatic carbocycles. The van der Waals surface area contributed by atoms with E-state index in [1.54, 1.807) is 6.20 Å². The quantitative estimate of drug-likeness (QED) is 0.735. The van der Waals surface area contributed by atoms with Crippen LogP contribution in [0, 0.1) is 6.92 Å². The first-order chi connectivity index (χ1) is 7.49. The van der Waals surface area contributed by atoms with Crippen LogP contribution in [0.1, 0.15) is 11.3 Å². The minimum Gasteiger partial charge on any atom is -0.371 e. The third kappa shape index (κ3) is 5.13. The molecule has 7 heteroatoms. The largest absolute Gasteiger partial charge is 0.411 e. The summed E-state index contributed by atoms with van der Waals surface area (Å²) in [7, 11) is 0. The molecular formula is C9H14F3N3O. The molecule has 1 rings (SSSR count). The van der Waals surface area contributed by atoms with E-state index in [1.807, 2.05) is 6.92 Å². The number of hydrogen-bond acceptors (Lipinski definition) is 3. The number of rotatable bonds is 6. The Hall–Kier alpha value is -1.08. The Morgan fingerprint density at radius 2 is 2.25 bits per heavy atom. The number of halogens is 3. The van der Waals surface area contributed by atoms with E-state index in [-0.39, 0.29) is 6.61 Å². The van der Waals surface area contributed by atoms with E-state index < -0.39 is 12.8 Å². The highest BCUT2D eigenvalue weighted by Crippen LogP contribution is 2.13. The molecule has 0 saturated carbocycles. The number of alkyl halides is 3. The first-order valence-electron chi connectivity index (χ1n) is 4.83. The van der Waals surface area contributed by atoms with Gasteiger partial charge in [-0.2, -0.15) is 18.3 Å². The predicted molar refractivity (Wildman–Crippen MR) is 51.9 cm³/mol. The monoisotopic (exact) mass is 237 g/mol. The summed E-state index contributed by atoms with van der Waals surface area (Å²) < 4.78 is 39.5.